The molecule has 1 heterocycles. The summed E-state index contributed by atoms with van der Waals surface area (Å²) in [6, 6.07) is 17.3. The molecule has 1 atom stereocenters. The summed E-state index contributed by atoms with van der Waals surface area (Å²) in [6.45, 7) is 11.9. The van der Waals surface area contributed by atoms with Gasteiger partial charge in [-0.1, -0.05) is 51.6 Å². The molecule has 3 heteroatoms. The number of hydrogen-bond donors (Lipinski definition) is 1. The molecule has 0 aromatic heterocycles. The molecule has 0 saturated carbocycles. The van der Waals surface area contributed by atoms with Crippen LogP contribution in [0.5, 0.6) is 5.75 Å². The number of aliphatic hydroxyl groups is 1. The van der Waals surface area contributed by atoms with Gasteiger partial charge in [0.15, 0.2) is 0 Å². The molecule has 1 aliphatic heterocycles. The van der Waals surface area contributed by atoms with Gasteiger partial charge in [-0.25, -0.2) is 0 Å². The topological polar surface area (TPSA) is 32.7 Å². The van der Waals surface area contributed by atoms with Crippen molar-refractivity contribution in [1.29, 1.82) is 0 Å². The van der Waals surface area contributed by atoms with Gasteiger partial charge in [-0.15, -0.1) is 0 Å². The highest BCUT2D eigenvalue weighted by atomic mass is 16.5. The fraction of sp³-hybridized carbons (Fsp3) is 0.417. The van der Waals surface area contributed by atoms with Crippen LogP contribution in [0.15, 0.2) is 60.9 Å². The third-order valence-electron chi connectivity index (χ3n) is 5.24. The highest BCUT2D eigenvalue weighted by Gasteiger charge is 2.25. The summed E-state index contributed by atoms with van der Waals surface area (Å²) in [5.41, 5.74) is 3.86. The van der Waals surface area contributed by atoms with Gasteiger partial charge < -0.3 is 14.7 Å². The standard InChI is InChI=1S/C24H31NO2/c1-18(26)16-22-6-5-15-25(22)21-11-13-23(14-12-21)27-17-19-7-9-20(10-8-19)24(2,3)4/h7-14,22,26H,1,5-6,15-17H2,2-4H3. The zero-order valence-corrected chi connectivity index (χ0v) is 16.7. The molecule has 0 aliphatic carbocycles. The summed E-state index contributed by atoms with van der Waals surface area (Å²) in [6.07, 6.45) is 2.89. The van der Waals surface area contributed by atoms with E-state index in [1.54, 1.807) is 0 Å². The Labute approximate surface area is 163 Å². The van der Waals surface area contributed by atoms with Crippen molar-refractivity contribution in [3.63, 3.8) is 0 Å². The lowest BCUT2D eigenvalue weighted by molar-refractivity contribution is 0.306. The predicted molar refractivity (Wildman–Crippen MR) is 113 cm³/mol. The van der Waals surface area contributed by atoms with Crippen molar-refractivity contribution in [3.05, 3.63) is 72.0 Å². The fourth-order valence-electron chi connectivity index (χ4n) is 3.66. The zero-order chi connectivity index (χ0) is 19.4. The number of ether oxygens (including phenoxy) is 1. The van der Waals surface area contributed by atoms with Gasteiger partial charge >= 0.3 is 0 Å². The Hall–Kier alpha value is -2.42. The van der Waals surface area contributed by atoms with E-state index in [4.69, 9.17) is 4.74 Å². The average Bonchev–Trinajstić information content (AvgIpc) is 3.07. The lowest BCUT2D eigenvalue weighted by atomic mass is 9.87. The van der Waals surface area contributed by atoms with Crippen molar-refractivity contribution in [2.75, 3.05) is 11.4 Å². The van der Waals surface area contributed by atoms with E-state index in [0.29, 0.717) is 19.1 Å². The summed E-state index contributed by atoms with van der Waals surface area (Å²) in [5.74, 6) is 1.14. The van der Waals surface area contributed by atoms with Crippen molar-refractivity contribution in [2.24, 2.45) is 0 Å². The molecule has 1 saturated heterocycles. The number of rotatable bonds is 6. The summed E-state index contributed by atoms with van der Waals surface area (Å²) in [7, 11) is 0. The Bertz CT molecular complexity index is 756. The third kappa shape index (κ3) is 5.06. The van der Waals surface area contributed by atoms with Crippen LogP contribution in [0.4, 0.5) is 5.69 Å². The minimum atomic E-state index is 0.172. The molecule has 2 aromatic rings. The lowest BCUT2D eigenvalue weighted by Gasteiger charge is -2.26. The van der Waals surface area contributed by atoms with E-state index in [2.05, 4.69) is 68.6 Å². The van der Waals surface area contributed by atoms with Crippen LogP contribution in [-0.2, 0) is 12.0 Å². The first-order chi connectivity index (χ1) is 12.8. The maximum absolute atomic E-state index is 9.52. The molecule has 0 spiro atoms. The van der Waals surface area contributed by atoms with Crippen LogP contribution in [0.2, 0.25) is 0 Å². The third-order valence-corrected chi connectivity index (χ3v) is 5.24. The van der Waals surface area contributed by atoms with E-state index in [1.807, 2.05) is 12.1 Å². The highest BCUT2D eigenvalue weighted by Crippen LogP contribution is 2.30. The van der Waals surface area contributed by atoms with Gasteiger partial charge in [0.05, 0.1) is 5.76 Å². The zero-order valence-electron chi connectivity index (χ0n) is 16.7. The summed E-state index contributed by atoms with van der Waals surface area (Å²) in [4.78, 5) is 2.36. The summed E-state index contributed by atoms with van der Waals surface area (Å²) >= 11 is 0. The Kier molecular flexibility index (Phi) is 5.79. The van der Waals surface area contributed by atoms with Crippen molar-refractivity contribution in [1.82, 2.24) is 0 Å². The molecule has 144 valence electrons. The normalized spacial score (nSPS) is 17.1. The first-order valence-corrected chi connectivity index (χ1v) is 9.78. The SMILES string of the molecule is C=C(O)CC1CCCN1c1ccc(OCc2ccc(C(C)(C)C)cc2)cc1. The highest BCUT2D eigenvalue weighted by molar-refractivity contribution is 5.51. The number of nitrogens with zero attached hydrogens (tertiary/aromatic N) is 1. The molecule has 1 N–H and O–H groups in total. The smallest absolute Gasteiger partial charge is 0.119 e. The lowest BCUT2D eigenvalue weighted by Crippen LogP contribution is -2.29. The van der Waals surface area contributed by atoms with E-state index in [0.717, 1.165) is 25.1 Å². The molecule has 3 nitrogen and oxygen atoms in total. The second kappa shape index (κ2) is 8.08. The first-order valence-electron chi connectivity index (χ1n) is 9.78. The minimum Gasteiger partial charge on any atom is -0.513 e. The minimum absolute atomic E-state index is 0.172. The molecule has 0 amide bonds. The second-order valence-corrected chi connectivity index (χ2v) is 8.49. The summed E-state index contributed by atoms with van der Waals surface area (Å²) in [5, 5.41) is 9.52. The maximum atomic E-state index is 9.52. The van der Waals surface area contributed by atoms with Gasteiger partial charge in [0, 0.05) is 24.7 Å². The van der Waals surface area contributed by atoms with E-state index in [-0.39, 0.29) is 11.2 Å². The largest absolute Gasteiger partial charge is 0.513 e. The number of hydrogen-bond acceptors (Lipinski definition) is 3. The monoisotopic (exact) mass is 365 g/mol. The fourth-order valence-corrected chi connectivity index (χ4v) is 3.66. The molecule has 0 bridgehead atoms. The van der Waals surface area contributed by atoms with Gasteiger partial charge in [0.1, 0.15) is 12.4 Å². The van der Waals surface area contributed by atoms with Gasteiger partial charge in [-0.2, -0.15) is 0 Å². The average molecular weight is 366 g/mol. The molecular weight excluding hydrogens is 334 g/mol. The second-order valence-electron chi connectivity index (χ2n) is 8.49. The maximum Gasteiger partial charge on any atom is 0.119 e. The quantitative estimate of drug-likeness (QED) is 0.638. The van der Waals surface area contributed by atoms with Crippen molar-refractivity contribution in [3.8, 4) is 5.75 Å². The molecule has 1 aliphatic rings. The number of benzene rings is 2. The van der Waals surface area contributed by atoms with Gasteiger partial charge in [-0.3, -0.25) is 0 Å². The van der Waals surface area contributed by atoms with E-state index < -0.39 is 0 Å². The van der Waals surface area contributed by atoms with Crippen LogP contribution in [0.3, 0.4) is 0 Å². The Morgan fingerprint density at radius 3 is 2.37 bits per heavy atom. The van der Waals surface area contributed by atoms with E-state index in [9.17, 15) is 5.11 Å². The van der Waals surface area contributed by atoms with Crippen LogP contribution in [0.1, 0.15) is 51.2 Å². The Morgan fingerprint density at radius 1 is 1.11 bits per heavy atom. The van der Waals surface area contributed by atoms with E-state index in [1.165, 1.54) is 16.8 Å². The molecular formula is C24H31NO2. The van der Waals surface area contributed by atoms with Crippen molar-refractivity contribution >= 4 is 5.69 Å². The Morgan fingerprint density at radius 2 is 1.78 bits per heavy atom. The van der Waals surface area contributed by atoms with Crippen LogP contribution in [0, 0.1) is 0 Å². The molecule has 0 radical (unpaired) electrons. The van der Waals surface area contributed by atoms with Crippen LogP contribution in [-0.4, -0.2) is 17.7 Å². The van der Waals surface area contributed by atoms with Crippen molar-refractivity contribution in [2.45, 2.75) is 58.1 Å². The number of anilines is 1. The summed E-state index contributed by atoms with van der Waals surface area (Å²) < 4.78 is 5.95. The van der Waals surface area contributed by atoms with Gasteiger partial charge in [0.2, 0.25) is 0 Å². The van der Waals surface area contributed by atoms with Gasteiger partial charge in [0.25, 0.3) is 0 Å². The Balaban J connectivity index is 1.58. The molecule has 1 fully saturated rings. The molecule has 1 unspecified atom stereocenters. The predicted octanol–water partition coefficient (Wildman–Crippen LogP) is 5.99. The number of aliphatic hydroxyl groups excluding tert-OH is 1. The molecule has 2 aromatic carbocycles. The van der Waals surface area contributed by atoms with Crippen LogP contribution < -0.4 is 9.64 Å². The van der Waals surface area contributed by atoms with Crippen LogP contribution >= 0.6 is 0 Å². The molecule has 27 heavy (non-hydrogen) atoms. The van der Waals surface area contributed by atoms with Crippen LogP contribution in [0.25, 0.3) is 0 Å². The first kappa shape index (κ1) is 19.3. The van der Waals surface area contributed by atoms with E-state index >= 15 is 0 Å². The van der Waals surface area contributed by atoms with Crippen molar-refractivity contribution < 1.29 is 9.84 Å². The molecule has 3 rings (SSSR count). The van der Waals surface area contributed by atoms with Gasteiger partial charge in [-0.05, 0) is 53.6 Å².